The van der Waals surface area contributed by atoms with Crippen LogP contribution in [0.3, 0.4) is 0 Å². The third kappa shape index (κ3) is 23.8. The van der Waals surface area contributed by atoms with Crippen molar-refractivity contribution in [2.45, 2.75) is 26.9 Å². The van der Waals surface area contributed by atoms with Crippen LogP contribution in [0.2, 0.25) is 0 Å². The molecular weight excluding hydrogens is 730 g/mol. The van der Waals surface area contributed by atoms with Gasteiger partial charge in [0, 0.05) is 133 Å². The van der Waals surface area contributed by atoms with Crippen molar-refractivity contribution in [2.75, 3.05) is 114 Å². The van der Waals surface area contributed by atoms with Crippen molar-refractivity contribution in [3.05, 3.63) is 41.2 Å². The van der Waals surface area contributed by atoms with Crippen molar-refractivity contribution >= 4 is 0 Å². The van der Waals surface area contributed by atoms with Crippen molar-refractivity contribution < 1.29 is 31.1 Å². The fourth-order valence-electron chi connectivity index (χ4n) is 3.48. The van der Waals surface area contributed by atoms with Crippen LogP contribution in [0.1, 0.15) is 25.2 Å². The average Bonchev–Trinajstić information content (AvgIpc) is 3.65. The molecule has 0 spiro atoms. The van der Waals surface area contributed by atoms with E-state index in [1.54, 1.807) is 20.3 Å². The Labute approximate surface area is 268 Å². The normalized spacial score (nSPS) is 10.9. The fourth-order valence-corrected chi connectivity index (χ4v) is 3.48. The molecule has 12 nitrogen and oxygen atoms in total. The summed E-state index contributed by atoms with van der Waals surface area (Å²) >= 11 is 0. The number of nitrogens with one attached hydrogen (secondary N) is 4. The van der Waals surface area contributed by atoms with Crippen LogP contribution in [0.25, 0.3) is 5.32 Å². The number of aromatic amines is 2. The molecule has 0 unspecified atom stereocenters. The molecule has 232 valence electrons. The molecule has 0 radical (unpaired) electrons. The van der Waals surface area contributed by atoms with Gasteiger partial charge in [0.25, 0.3) is 0 Å². The van der Waals surface area contributed by atoms with Crippen LogP contribution >= 0.6 is 0 Å². The molecular formula is C27H59N12U-. The van der Waals surface area contributed by atoms with Gasteiger partial charge in [-0.2, -0.15) is 24.3 Å². The Morgan fingerprint density at radius 3 is 1.70 bits per heavy atom. The van der Waals surface area contributed by atoms with Crippen molar-refractivity contribution in [1.29, 1.82) is 0 Å². The standard InChI is InChI=1S/C22H44N10.C3H9N.C2H6N.U/c1-4-29(2)15-17-32(20-22-6-9-26-28-22)14-11-24-10-13-30(3)16-18-31(12-7-23)19-21-5-8-25-27-21;1-3-4-2;1-3-2;/h5-6,8-9,24H,4,7,10-20,23H2,1-3H3,(H,25,27)(H,26,28);4H,3H2,1-2H3;1-2H3;/q;;-1;. The first-order valence-electron chi connectivity index (χ1n) is 14.2. The Balaban J connectivity index is 0. The van der Waals surface area contributed by atoms with Crippen LogP contribution in [0.15, 0.2) is 24.5 Å². The van der Waals surface area contributed by atoms with Gasteiger partial charge in [-0.05, 0) is 46.4 Å². The van der Waals surface area contributed by atoms with E-state index in [4.69, 9.17) is 5.73 Å². The Hall–Kier alpha value is -0.848. The molecule has 0 atom stereocenters. The molecule has 0 aliphatic carbocycles. The van der Waals surface area contributed by atoms with E-state index in [-0.39, 0.29) is 31.1 Å². The second-order valence-electron chi connectivity index (χ2n) is 9.61. The van der Waals surface area contributed by atoms with Gasteiger partial charge in [0.2, 0.25) is 0 Å². The fraction of sp³-hybridized carbons (Fsp3) is 0.778. The Kier molecular flexibility index (Phi) is 30.6. The zero-order chi connectivity index (χ0) is 29.1. The minimum Gasteiger partial charge on any atom is -0.668 e. The first-order chi connectivity index (χ1) is 18.9. The molecule has 6 N–H and O–H groups in total. The molecule has 0 bridgehead atoms. The van der Waals surface area contributed by atoms with E-state index in [1.165, 1.54) is 5.69 Å². The Morgan fingerprint density at radius 2 is 1.27 bits per heavy atom. The predicted octanol–water partition coefficient (Wildman–Crippen LogP) is 0.714. The maximum atomic E-state index is 5.79. The van der Waals surface area contributed by atoms with Crippen molar-refractivity contribution in [2.24, 2.45) is 5.73 Å². The number of likely N-dealkylation sites (N-methyl/N-ethyl adjacent to an activating group) is 2. The first kappa shape index (κ1) is 41.3. The SMILES string of the molecule is CCN(C)CCN(CCNCCN(C)CCN(CCN)Cc1ccn[nH]1)Cc1ccn[nH]1.CCNC.C[N-]C.[U]. The molecule has 0 aromatic carbocycles. The van der Waals surface area contributed by atoms with E-state index in [0.717, 1.165) is 90.8 Å². The summed E-state index contributed by atoms with van der Waals surface area (Å²) in [6, 6.07) is 4.08. The number of nitrogens with zero attached hydrogens (tertiary/aromatic N) is 7. The largest absolute Gasteiger partial charge is 0.668 e. The number of hydrogen-bond donors (Lipinski definition) is 5. The van der Waals surface area contributed by atoms with Gasteiger partial charge in [0.1, 0.15) is 0 Å². The van der Waals surface area contributed by atoms with Crippen molar-refractivity contribution in [3.8, 4) is 0 Å². The number of rotatable bonds is 20. The predicted molar refractivity (Wildman–Crippen MR) is 165 cm³/mol. The third-order valence-electron chi connectivity index (χ3n) is 6.11. The molecule has 0 aliphatic heterocycles. The number of aromatic nitrogens is 4. The van der Waals surface area contributed by atoms with Crippen LogP contribution in [-0.4, -0.2) is 154 Å². The third-order valence-corrected chi connectivity index (χ3v) is 6.11. The van der Waals surface area contributed by atoms with Gasteiger partial charge in [-0.3, -0.25) is 20.0 Å². The van der Waals surface area contributed by atoms with Crippen LogP contribution in [-0.2, 0) is 13.1 Å². The molecule has 40 heavy (non-hydrogen) atoms. The molecule has 0 amide bonds. The molecule has 0 aliphatic rings. The van der Waals surface area contributed by atoms with E-state index < -0.39 is 0 Å². The Morgan fingerprint density at radius 1 is 0.800 bits per heavy atom. The zero-order valence-corrected chi connectivity index (χ0v) is 30.6. The number of hydrogen-bond acceptors (Lipinski definition) is 9. The van der Waals surface area contributed by atoms with Crippen molar-refractivity contribution in [1.82, 2.24) is 50.6 Å². The van der Waals surface area contributed by atoms with Gasteiger partial charge in [0.05, 0.1) is 0 Å². The summed E-state index contributed by atoms with van der Waals surface area (Å²) in [7, 11) is 9.79. The quantitative estimate of drug-likeness (QED) is 0.123. The summed E-state index contributed by atoms with van der Waals surface area (Å²) in [6.07, 6.45) is 3.62. The van der Waals surface area contributed by atoms with Crippen LogP contribution < -0.4 is 16.4 Å². The summed E-state index contributed by atoms with van der Waals surface area (Å²) in [4.78, 5) is 9.58. The molecule has 0 fully saturated rings. The number of nitrogens with two attached hydrogens (primary N) is 1. The monoisotopic (exact) mass is 790 g/mol. The molecule has 2 heterocycles. The van der Waals surface area contributed by atoms with E-state index in [1.807, 2.05) is 19.3 Å². The van der Waals surface area contributed by atoms with Gasteiger partial charge < -0.3 is 31.5 Å². The summed E-state index contributed by atoms with van der Waals surface area (Å²) in [5.74, 6) is 0. The molecule has 2 rings (SSSR count). The van der Waals surface area contributed by atoms with Gasteiger partial charge in [0.15, 0.2) is 0 Å². The zero-order valence-electron chi connectivity index (χ0n) is 26.4. The summed E-state index contributed by atoms with van der Waals surface area (Å²) in [5, 5.41) is 24.3. The minimum absolute atomic E-state index is 0. The van der Waals surface area contributed by atoms with E-state index in [0.29, 0.717) is 6.54 Å². The van der Waals surface area contributed by atoms with Crippen LogP contribution in [0.4, 0.5) is 0 Å². The topological polar surface area (TPSA) is 134 Å². The molecule has 0 saturated carbocycles. The Bertz CT molecular complexity index is 715. The van der Waals surface area contributed by atoms with Gasteiger partial charge in [-0.25, -0.2) is 0 Å². The molecule has 2 aromatic rings. The van der Waals surface area contributed by atoms with Crippen LogP contribution in [0.5, 0.6) is 0 Å². The maximum Gasteiger partial charge on any atom is 0.0492 e. The van der Waals surface area contributed by atoms with E-state index >= 15 is 0 Å². The van der Waals surface area contributed by atoms with Crippen molar-refractivity contribution in [3.63, 3.8) is 0 Å². The van der Waals surface area contributed by atoms with E-state index in [9.17, 15) is 0 Å². The molecule has 0 saturated heterocycles. The maximum absolute atomic E-state index is 5.79. The average molecular weight is 790 g/mol. The summed E-state index contributed by atoms with van der Waals surface area (Å²) in [5.41, 5.74) is 8.09. The van der Waals surface area contributed by atoms with Gasteiger partial charge in [-0.1, -0.05) is 13.8 Å². The van der Waals surface area contributed by atoms with Gasteiger partial charge in [-0.15, -0.1) is 0 Å². The van der Waals surface area contributed by atoms with E-state index in [2.05, 4.69) is 90.0 Å². The summed E-state index contributed by atoms with van der Waals surface area (Å²) in [6.45, 7) is 17.9. The first-order valence-corrected chi connectivity index (χ1v) is 14.2. The molecule has 2 aromatic heterocycles. The smallest absolute Gasteiger partial charge is 0.0492 e. The number of H-pyrrole nitrogens is 2. The van der Waals surface area contributed by atoms with Crippen LogP contribution in [0, 0.1) is 31.1 Å². The second kappa shape index (κ2) is 29.6. The molecule has 13 heteroatoms. The minimum atomic E-state index is 0. The second-order valence-corrected chi connectivity index (χ2v) is 9.61. The summed E-state index contributed by atoms with van der Waals surface area (Å²) < 4.78 is 0. The van der Waals surface area contributed by atoms with Gasteiger partial charge >= 0.3 is 0 Å².